The molecule has 0 radical (unpaired) electrons. The maximum atomic E-state index is 11.7. The molecule has 0 amide bonds. The van der Waals surface area contributed by atoms with Crippen LogP contribution in [-0.2, 0) is 11.3 Å². The Morgan fingerprint density at radius 3 is 3.06 bits per heavy atom. The van der Waals surface area contributed by atoms with Gasteiger partial charge in [0.2, 0.25) is 0 Å². The maximum absolute atomic E-state index is 11.7. The highest BCUT2D eigenvalue weighted by atomic mass is 79.9. The van der Waals surface area contributed by atoms with Crippen LogP contribution in [0.25, 0.3) is 0 Å². The smallest absolute Gasteiger partial charge is 0.250 e. The summed E-state index contributed by atoms with van der Waals surface area (Å²) in [4.78, 5) is 16.1. The fraction of sp³-hybridized carbons (Fsp3) is 0.333. The summed E-state index contributed by atoms with van der Waals surface area (Å²) in [6, 6.07) is 3.27. The Morgan fingerprint density at radius 2 is 2.33 bits per heavy atom. The van der Waals surface area contributed by atoms with Crippen LogP contribution in [0.4, 0.5) is 0 Å². The van der Waals surface area contributed by atoms with Gasteiger partial charge in [-0.3, -0.25) is 4.79 Å². The van der Waals surface area contributed by atoms with E-state index >= 15 is 0 Å². The van der Waals surface area contributed by atoms with Crippen LogP contribution >= 0.6 is 27.3 Å². The summed E-state index contributed by atoms with van der Waals surface area (Å²) in [5.41, 5.74) is 0.839. The summed E-state index contributed by atoms with van der Waals surface area (Å²) in [5, 5.41) is 2.88. The van der Waals surface area contributed by atoms with Crippen LogP contribution in [0.3, 0.4) is 0 Å². The number of methoxy groups -OCH3 is 1. The molecule has 2 heterocycles. The van der Waals surface area contributed by atoms with E-state index in [1.807, 2.05) is 12.3 Å². The summed E-state index contributed by atoms with van der Waals surface area (Å²) in [5.74, 6) is 0. The molecule has 2 aromatic rings. The lowest BCUT2D eigenvalue weighted by Crippen LogP contribution is -2.18. The van der Waals surface area contributed by atoms with Crippen LogP contribution in [-0.4, -0.2) is 16.7 Å². The number of hydrogen-bond acceptors (Lipinski definition) is 4. The van der Waals surface area contributed by atoms with Crippen molar-refractivity contribution in [3.8, 4) is 0 Å². The van der Waals surface area contributed by atoms with Crippen molar-refractivity contribution in [3.05, 3.63) is 49.2 Å². The minimum Gasteiger partial charge on any atom is -0.375 e. The minimum absolute atomic E-state index is 0.0111. The van der Waals surface area contributed by atoms with Crippen LogP contribution in [0, 0.1) is 0 Å². The molecule has 0 fully saturated rings. The molecule has 2 aromatic heterocycles. The minimum atomic E-state index is -0.0347. The number of nitrogens with zero attached hydrogens (tertiary/aromatic N) is 2. The topological polar surface area (TPSA) is 44.1 Å². The highest BCUT2D eigenvalue weighted by molar-refractivity contribution is 9.10. The summed E-state index contributed by atoms with van der Waals surface area (Å²) >= 11 is 4.90. The van der Waals surface area contributed by atoms with Crippen LogP contribution in [0.15, 0.2) is 33.0 Å². The van der Waals surface area contributed by atoms with Crippen molar-refractivity contribution in [2.75, 3.05) is 7.11 Å². The second-order valence-corrected chi connectivity index (χ2v) is 5.67. The van der Waals surface area contributed by atoms with E-state index in [2.05, 4.69) is 20.9 Å². The zero-order valence-electron chi connectivity index (χ0n) is 10.1. The fourth-order valence-electron chi connectivity index (χ4n) is 1.48. The van der Waals surface area contributed by atoms with Crippen molar-refractivity contribution in [2.24, 2.45) is 0 Å². The Labute approximate surface area is 117 Å². The Morgan fingerprint density at radius 1 is 1.56 bits per heavy atom. The fourth-order valence-corrected chi connectivity index (χ4v) is 2.70. The van der Waals surface area contributed by atoms with Crippen LogP contribution in [0.1, 0.15) is 23.7 Å². The van der Waals surface area contributed by atoms with Crippen LogP contribution in [0.2, 0.25) is 0 Å². The van der Waals surface area contributed by atoms with Gasteiger partial charge in [0, 0.05) is 29.2 Å². The van der Waals surface area contributed by atoms with E-state index in [0.717, 1.165) is 15.2 Å². The van der Waals surface area contributed by atoms with E-state index in [9.17, 15) is 4.79 Å². The summed E-state index contributed by atoms with van der Waals surface area (Å²) in [6.45, 7) is 2.43. The highest BCUT2D eigenvalue weighted by Crippen LogP contribution is 2.20. The Hall–Kier alpha value is -0.980. The molecule has 0 N–H and O–H groups in total. The van der Waals surface area contributed by atoms with E-state index < -0.39 is 0 Å². The third-order valence-corrected chi connectivity index (χ3v) is 4.07. The number of halogens is 1. The Balaban J connectivity index is 2.21. The molecule has 0 saturated carbocycles. The molecule has 0 saturated heterocycles. The molecule has 18 heavy (non-hydrogen) atoms. The molecule has 1 unspecified atom stereocenters. The molecule has 0 aromatic carbocycles. The predicted octanol–water partition coefficient (Wildman–Crippen LogP) is 2.82. The van der Waals surface area contributed by atoms with E-state index in [1.54, 1.807) is 35.3 Å². The van der Waals surface area contributed by atoms with Gasteiger partial charge in [-0.05, 0) is 28.9 Å². The first kappa shape index (κ1) is 13.5. The molecule has 6 heteroatoms. The number of thiazole rings is 1. The Bertz CT molecular complexity index is 594. The molecular weight excluding hydrogens is 316 g/mol. The first-order valence-electron chi connectivity index (χ1n) is 5.43. The largest absolute Gasteiger partial charge is 0.375 e. The van der Waals surface area contributed by atoms with Gasteiger partial charge in [0.15, 0.2) is 0 Å². The number of rotatable bonds is 4. The number of ether oxygens (including phenoxy) is 1. The van der Waals surface area contributed by atoms with E-state index in [1.165, 1.54) is 6.07 Å². The quantitative estimate of drug-likeness (QED) is 0.866. The SMILES string of the molecule is COC(C)c1nc(Cn2cc(Br)ccc2=O)cs1. The monoisotopic (exact) mass is 328 g/mol. The Kier molecular flexibility index (Phi) is 4.31. The van der Waals surface area contributed by atoms with Gasteiger partial charge in [-0.2, -0.15) is 0 Å². The lowest BCUT2D eigenvalue weighted by molar-refractivity contribution is 0.119. The van der Waals surface area contributed by atoms with Gasteiger partial charge in [-0.15, -0.1) is 11.3 Å². The van der Waals surface area contributed by atoms with Crippen LogP contribution < -0.4 is 5.56 Å². The van der Waals surface area contributed by atoms with Gasteiger partial charge in [-0.25, -0.2) is 4.98 Å². The lowest BCUT2D eigenvalue weighted by atomic mass is 10.4. The van der Waals surface area contributed by atoms with Crippen molar-refractivity contribution >= 4 is 27.3 Å². The summed E-state index contributed by atoms with van der Waals surface area (Å²) in [6.07, 6.45) is 1.75. The molecule has 0 aliphatic rings. The molecule has 0 bridgehead atoms. The van der Waals surface area contributed by atoms with E-state index in [0.29, 0.717) is 6.54 Å². The second-order valence-electron chi connectivity index (χ2n) is 3.87. The third kappa shape index (κ3) is 3.07. The van der Waals surface area contributed by atoms with E-state index in [-0.39, 0.29) is 11.7 Å². The first-order chi connectivity index (χ1) is 8.60. The standard InChI is InChI=1S/C12H13BrN2O2S/c1-8(17-2)12-14-10(7-18-12)6-15-5-9(13)3-4-11(15)16/h3-5,7-8H,6H2,1-2H3. The van der Waals surface area contributed by atoms with Crippen LogP contribution in [0.5, 0.6) is 0 Å². The molecule has 1 atom stereocenters. The first-order valence-corrected chi connectivity index (χ1v) is 7.10. The predicted molar refractivity (Wildman–Crippen MR) is 75.0 cm³/mol. The van der Waals surface area contributed by atoms with Crippen molar-refractivity contribution in [1.82, 2.24) is 9.55 Å². The van der Waals surface area contributed by atoms with Gasteiger partial charge in [-0.1, -0.05) is 0 Å². The van der Waals surface area contributed by atoms with Crippen molar-refractivity contribution in [3.63, 3.8) is 0 Å². The lowest BCUT2D eigenvalue weighted by Gasteiger charge is -2.05. The van der Waals surface area contributed by atoms with Gasteiger partial charge in [0.25, 0.3) is 5.56 Å². The van der Waals surface area contributed by atoms with Crippen molar-refractivity contribution in [1.29, 1.82) is 0 Å². The summed E-state index contributed by atoms with van der Waals surface area (Å²) < 4.78 is 7.72. The molecule has 96 valence electrons. The molecule has 0 aliphatic carbocycles. The maximum Gasteiger partial charge on any atom is 0.250 e. The van der Waals surface area contributed by atoms with Crippen molar-refractivity contribution in [2.45, 2.75) is 19.6 Å². The molecule has 0 spiro atoms. The second kappa shape index (κ2) is 5.77. The molecular formula is C12H13BrN2O2S. The number of aromatic nitrogens is 2. The van der Waals surface area contributed by atoms with Gasteiger partial charge in [0.1, 0.15) is 11.1 Å². The van der Waals surface area contributed by atoms with E-state index in [4.69, 9.17) is 4.74 Å². The normalized spacial score (nSPS) is 12.6. The van der Waals surface area contributed by atoms with Gasteiger partial charge < -0.3 is 9.30 Å². The molecule has 4 nitrogen and oxygen atoms in total. The average molecular weight is 329 g/mol. The molecule has 0 aliphatic heterocycles. The average Bonchev–Trinajstić information content (AvgIpc) is 2.81. The number of hydrogen-bond donors (Lipinski definition) is 0. The van der Waals surface area contributed by atoms with Gasteiger partial charge in [0.05, 0.1) is 12.2 Å². The zero-order chi connectivity index (χ0) is 13.1. The summed E-state index contributed by atoms with van der Waals surface area (Å²) in [7, 11) is 1.66. The molecule has 2 rings (SSSR count). The highest BCUT2D eigenvalue weighted by Gasteiger charge is 2.10. The van der Waals surface area contributed by atoms with Crippen molar-refractivity contribution < 1.29 is 4.74 Å². The zero-order valence-corrected chi connectivity index (χ0v) is 12.5. The van der Waals surface area contributed by atoms with Gasteiger partial charge >= 0.3 is 0 Å². The number of pyridine rings is 1. The third-order valence-electron chi connectivity index (χ3n) is 2.55.